The van der Waals surface area contributed by atoms with Crippen LogP contribution < -0.4 is 10.2 Å². The second-order valence-electron chi connectivity index (χ2n) is 5.85. The Morgan fingerprint density at radius 3 is 2.08 bits per heavy atom. The third-order valence-corrected chi connectivity index (χ3v) is 4.47. The summed E-state index contributed by atoms with van der Waals surface area (Å²) in [7, 11) is -4.78. The molecule has 0 saturated heterocycles. The van der Waals surface area contributed by atoms with E-state index in [0.717, 1.165) is 19.3 Å². The highest BCUT2D eigenvalue weighted by Crippen LogP contribution is 2.43. The van der Waals surface area contributed by atoms with Crippen molar-refractivity contribution in [3.8, 4) is 0 Å². The molecule has 24 heavy (non-hydrogen) atoms. The van der Waals surface area contributed by atoms with Gasteiger partial charge in [-0.1, -0.05) is 45.4 Å². The van der Waals surface area contributed by atoms with E-state index in [4.69, 9.17) is 9.79 Å². The zero-order valence-electron chi connectivity index (χ0n) is 14.0. The molecule has 0 radical (unpaired) electrons. The summed E-state index contributed by atoms with van der Waals surface area (Å²) in [5.41, 5.74) is -0.790. The van der Waals surface area contributed by atoms with Gasteiger partial charge in [0.2, 0.25) is 5.91 Å². The van der Waals surface area contributed by atoms with Gasteiger partial charge in [0.05, 0.1) is 5.56 Å². The molecule has 0 fully saturated rings. The van der Waals surface area contributed by atoms with Gasteiger partial charge in [0.15, 0.2) is 0 Å². The Hall–Kier alpha value is -1.33. The Morgan fingerprint density at radius 1 is 1.00 bits per heavy atom. The summed E-state index contributed by atoms with van der Waals surface area (Å²) >= 11 is 0. The lowest BCUT2D eigenvalue weighted by Gasteiger charge is -2.12. The maximum atomic E-state index is 11.8. The van der Waals surface area contributed by atoms with Crippen molar-refractivity contribution in [1.29, 1.82) is 0 Å². The van der Waals surface area contributed by atoms with Crippen molar-refractivity contribution in [1.82, 2.24) is 0 Å². The quantitative estimate of drug-likeness (QED) is 0.417. The number of benzene rings is 1. The van der Waals surface area contributed by atoms with Crippen LogP contribution in [-0.2, 0) is 4.79 Å². The van der Waals surface area contributed by atoms with Crippen molar-refractivity contribution >= 4 is 25.1 Å². The molecular weight excluding hydrogens is 329 g/mol. The highest BCUT2D eigenvalue weighted by molar-refractivity contribution is 7.75. The Labute approximate surface area is 143 Å². The van der Waals surface area contributed by atoms with E-state index in [1.807, 2.05) is 0 Å². The van der Waals surface area contributed by atoms with Crippen LogP contribution in [0.4, 0.5) is 5.69 Å². The van der Waals surface area contributed by atoms with Gasteiger partial charge >= 0.3 is 13.5 Å². The Balaban J connectivity index is 2.31. The molecule has 1 amide bonds. The molecule has 6 nitrogen and oxygen atoms in total. The first kappa shape index (κ1) is 20.7. The topological polar surface area (TPSA) is 110 Å². The number of hydrogen-bond acceptors (Lipinski definition) is 5. The van der Waals surface area contributed by atoms with Crippen LogP contribution in [0.15, 0.2) is 24.3 Å². The molecule has 0 aliphatic carbocycles. The fraction of sp³-hybridized carbons (Fsp3) is 0.529. The molecule has 0 unspecified atom stereocenters. The van der Waals surface area contributed by atoms with Gasteiger partial charge in [-0.3, -0.25) is 4.79 Å². The van der Waals surface area contributed by atoms with Gasteiger partial charge in [-0.05, 0) is 30.7 Å². The zero-order valence-corrected chi connectivity index (χ0v) is 14.9. The molecule has 0 atom stereocenters. The van der Waals surface area contributed by atoms with Crippen LogP contribution in [0.25, 0.3) is 0 Å². The van der Waals surface area contributed by atoms with E-state index in [-0.39, 0.29) is 11.5 Å². The van der Waals surface area contributed by atoms with E-state index in [1.165, 1.54) is 49.9 Å². The predicted octanol–water partition coefficient (Wildman–Crippen LogP) is 3.01. The molecule has 0 saturated carbocycles. The zero-order chi connectivity index (χ0) is 18.0. The summed E-state index contributed by atoms with van der Waals surface area (Å²) in [4.78, 5) is 51.8. The first-order valence-electron chi connectivity index (χ1n) is 8.35. The van der Waals surface area contributed by atoms with E-state index in [9.17, 15) is 14.5 Å². The lowest BCUT2D eigenvalue weighted by molar-refractivity contribution is -0.203. The van der Waals surface area contributed by atoms with Crippen molar-refractivity contribution < 1.29 is 24.3 Å². The highest BCUT2D eigenvalue weighted by atomic mass is 31.2. The number of unbranched alkanes of at least 4 members (excludes halogenated alkanes) is 6. The summed E-state index contributed by atoms with van der Waals surface area (Å²) in [6.45, 7) is 2.18. The summed E-state index contributed by atoms with van der Waals surface area (Å²) < 4.78 is 0. The van der Waals surface area contributed by atoms with Crippen molar-refractivity contribution in [3.05, 3.63) is 29.8 Å². The number of carbonyl (C=O) groups excluding carboxylic acids is 2. The number of amides is 1. The van der Waals surface area contributed by atoms with Gasteiger partial charge < -0.3 is 10.2 Å². The Bertz CT molecular complexity index is 525. The van der Waals surface area contributed by atoms with E-state index in [1.54, 1.807) is 0 Å². The standard InChI is InChI=1S/C17H26NO5P/c1-2-3-4-5-6-7-8-9-16(19)18-15-12-10-14(11-13-15)17(20)24(21,22)23/h10-13H,2-9H2,1H3,(H,18,19)(H2,21,22,23). The number of rotatable bonds is 11. The van der Waals surface area contributed by atoms with E-state index in [2.05, 4.69) is 12.2 Å². The molecule has 1 aromatic rings. The molecule has 7 heteroatoms. The third kappa shape index (κ3) is 7.97. The van der Waals surface area contributed by atoms with Crippen LogP contribution in [0.2, 0.25) is 0 Å². The number of anilines is 1. The Kier molecular flexibility index (Phi) is 9.08. The average molecular weight is 355 g/mol. The molecule has 0 aliphatic heterocycles. The van der Waals surface area contributed by atoms with Gasteiger partial charge in [0.25, 0.3) is 0 Å². The van der Waals surface area contributed by atoms with Gasteiger partial charge in [-0.15, -0.1) is 0 Å². The van der Waals surface area contributed by atoms with Gasteiger partial charge in [0, 0.05) is 12.1 Å². The summed E-state index contributed by atoms with van der Waals surface area (Å²) in [5.74, 6) is -0.0994. The minimum Gasteiger partial charge on any atom is -0.625 e. The minimum atomic E-state index is -4.78. The second-order valence-corrected chi connectivity index (χ2v) is 7.34. The van der Waals surface area contributed by atoms with Crippen molar-refractivity contribution in [2.24, 2.45) is 0 Å². The lowest BCUT2D eigenvalue weighted by atomic mass is 10.1. The molecule has 0 spiro atoms. The molecule has 0 bridgehead atoms. The van der Waals surface area contributed by atoms with E-state index >= 15 is 0 Å². The molecule has 1 aromatic carbocycles. The monoisotopic (exact) mass is 355 g/mol. The molecule has 0 heterocycles. The number of nitrogens with one attached hydrogen (secondary N) is 1. The molecule has 1 rings (SSSR count). The molecule has 3 N–H and O–H groups in total. The molecule has 0 aliphatic rings. The van der Waals surface area contributed by atoms with Crippen LogP contribution >= 0.6 is 7.94 Å². The first-order valence-corrected chi connectivity index (χ1v) is 9.96. The predicted molar refractivity (Wildman–Crippen MR) is 93.4 cm³/mol. The summed E-state index contributed by atoms with van der Waals surface area (Å²) in [6.07, 6.45) is 8.41. The fourth-order valence-corrected chi connectivity index (χ4v) is 2.82. The fourth-order valence-electron chi connectivity index (χ4n) is 2.33. The molecular formula is C17H26NO5P. The lowest BCUT2D eigenvalue weighted by Crippen LogP contribution is -2.17. The summed E-state index contributed by atoms with van der Waals surface area (Å²) in [5, 5.41) is 2.71. The number of carbonyl (C=O) groups is 2. The molecule has 134 valence electrons. The van der Waals surface area contributed by atoms with Gasteiger partial charge in [-0.2, -0.15) is 0 Å². The normalized spacial score (nSPS) is 11.3. The van der Waals surface area contributed by atoms with Crippen LogP contribution in [-0.4, -0.2) is 21.2 Å². The van der Waals surface area contributed by atoms with Crippen molar-refractivity contribution in [2.75, 3.05) is 5.32 Å². The summed E-state index contributed by atoms with van der Waals surface area (Å²) in [6, 6.07) is 5.52. The van der Waals surface area contributed by atoms with Crippen molar-refractivity contribution in [2.45, 2.75) is 58.3 Å². The maximum absolute atomic E-state index is 11.8. The Morgan fingerprint density at radius 2 is 1.54 bits per heavy atom. The maximum Gasteiger partial charge on any atom is 0.352 e. The number of hydrogen-bond donors (Lipinski definition) is 3. The highest BCUT2D eigenvalue weighted by Gasteiger charge is 2.32. The SMILES string of the molecule is CCCCCCCCCC(=O)Nc1ccc(C(=O)[P+]([O-])(O)O)cc1. The van der Waals surface area contributed by atoms with Crippen LogP contribution in [0, 0.1) is 0 Å². The average Bonchev–Trinajstić information content (AvgIpc) is 2.53. The van der Waals surface area contributed by atoms with Crippen LogP contribution in [0.5, 0.6) is 0 Å². The molecule has 0 aromatic heterocycles. The van der Waals surface area contributed by atoms with E-state index < -0.39 is 13.5 Å². The van der Waals surface area contributed by atoms with Crippen LogP contribution in [0.3, 0.4) is 0 Å². The van der Waals surface area contributed by atoms with Crippen molar-refractivity contribution in [3.63, 3.8) is 0 Å². The first-order chi connectivity index (χ1) is 11.3. The smallest absolute Gasteiger partial charge is 0.352 e. The largest absolute Gasteiger partial charge is 0.625 e. The van der Waals surface area contributed by atoms with Gasteiger partial charge in [0.1, 0.15) is 0 Å². The van der Waals surface area contributed by atoms with E-state index in [0.29, 0.717) is 12.1 Å². The minimum absolute atomic E-state index is 0.0755. The van der Waals surface area contributed by atoms with Crippen LogP contribution in [0.1, 0.15) is 68.6 Å². The third-order valence-electron chi connectivity index (χ3n) is 3.69. The van der Waals surface area contributed by atoms with Gasteiger partial charge in [-0.25, -0.2) is 14.6 Å². The second kappa shape index (κ2) is 10.5.